The van der Waals surface area contributed by atoms with E-state index in [0.29, 0.717) is 6.42 Å². The molecule has 0 aromatic carbocycles. The Hall–Kier alpha value is -1.54. The highest BCUT2D eigenvalue weighted by Gasteiger charge is 2.50. The molecule has 40 heavy (non-hydrogen) atoms. The zero-order valence-corrected chi connectivity index (χ0v) is 25.4. The van der Waals surface area contributed by atoms with Crippen molar-refractivity contribution in [2.24, 2.45) is 17.8 Å². The summed E-state index contributed by atoms with van der Waals surface area (Å²) in [5.74, 6) is -2.66. The molecule has 232 valence electrons. The lowest BCUT2D eigenvalue weighted by molar-refractivity contribution is -0.302. The maximum absolute atomic E-state index is 13.1. The van der Waals surface area contributed by atoms with E-state index >= 15 is 0 Å². The number of hydrogen-bond acceptors (Lipinski definition) is 11. The molecule has 0 aliphatic carbocycles. The number of esters is 1. The van der Waals surface area contributed by atoms with Gasteiger partial charge in [0.2, 0.25) is 0 Å². The monoisotopic (exact) mass is 574 g/mol. The van der Waals surface area contributed by atoms with Gasteiger partial charge in [-0.25, -0.2) is 4.79 Å². The summed E-state index contributed by atoms with van der Waals surface area (Å²) >= 11 is 0. The predicted octanol–water partition coefficient (Wildman–Crippen LogP) is 0.989. The third-order valence-corrected chi connectivity index (χ3v) is 9.13. The minimum absolute atomic E-state index is 0.0727. The van der Waals surface area contributed by atoms with Gasteiger partial charge in [0, 0.05) is 19.1 Å². The second kappa shape index (κ2) is 13.2. The molecule has 3 fully saturated rings. The third-order valence-electron chi connectivity index (χ3n) is 9.13. The first-order valence-electron chi connectivity index (χ1n) is 14.3. The van der Waals surface area contributed by atoms with Crippen LogP contribution in [0.15, 0.2) is 0 Å². The highest BCUT2D eigenvalue weighted by atomic mass is 16.7. The van der Waals surface area contributed by atoms with Crippen LogP contribution in [-0.2, 0) is 28.5 Å². The molecule has 13 atom stereocenters. The normalized spacial score (nSPS) is 46.0. The van der Waals surface area contributed by atoms with E-state index in [2.05, 4.69) is 0 Å². The Bertz CT molecular complexity index is 876. The average Bonchev–Trinajstić information content (AvgIpc) is 2.91. The fourth-order valence-corrected chi connectivity index (χ4v) is 6.40. The van der Waals surface area contributed by atoms with Crippen molar-refractivity contribution >= 4 is 12.1 Å². The van der Waals surface area contributed by atoms with Crippen LogP contribution in [0.25, 0.3) is 0 Å². The van der Waals surface area contributed by atoms with Crippen LogP contribution in [0.2, 0.25) is 0 Å². The number of likely N-dealkylation sites (N-methyl/N-ethyl adjacent to an activating group) is 1. The molecular formula is C28H50N2O10. The topological polar surface area (TPSA) is 147 Å². The van der Waals surface area contributed by atoms with Crippen molar-refractivity contribution in [2.45, 2.75) is 115 Å². The van der Waals surface area contributed by atoms with Crippen molar-refractivity contribution in [1.29, 1.82) is 0 Å². The molecule has 0 radical (unpaired) electrons. The number of carbonyl (C=O) groups excluding carboxylic acids is 2. The quantitative estimate of drug-likeness (QED) is 0.413. The molecule has 1 amide bonds. The van der Waals surface area contributed by atoms with E-state index in [1.54, 1.807) is 20.8 Å². The van der Waals surface area contributed by atoms with Crippen LogP contribution in [0.4, 0.5) is 4.79 Å². The van der Waals surface area contributed by atoms with E-state index in [9.17, 15) is 24.9 Å². The van der Waals surface area contributed by atoms with Crippen molar-refractivity contribution < 1.29 is 48.6 Å². The molecule has 2 bridgehead atoms. The molecule has 3 aliphatic heterocycles. The molecule has 0 saturated carbocycles. The van der Waals surface area contributed by atoms with Gasteiger partial charge < -0.3 is 43.9 Å². The van der Waals surface area contributed by atoms with E-state index in [4.69, 9.17) is 23.7 Å². The maximum atomic E-state index is 13.1. The molecule has 0 unspecified atom stereocenters. The molecular weight excluding hydrogens is 524 g/mol. The second-order valence-electron chi connectivity index (χ2n) is 12.5. The van der Waals surface area contributed by atoms with Crippen molar-refractivity contribution in [3.05, 3.63) is 0 Å². The number of rotatable bonds is 4. The van der Waals surface area contributed by atoms with Crippen molar-refractivity contribution in [3.8, 4) is 0 Å². The van der Waals surface area contributed by atoms with E-state index < -0.39 is 78.3 Å². The lowest BCUT2D eigenvalue weighted by Gasteiger charge is -2.48. The second-order valence-corrected chi connectivity index (χ2v) is 12.5. The Morgan fingerprint density at radius 2 is 1.68 bits per heavy atom. The lowest BCUT2D eigenvalue weighted by atomic mass is 9.76. The summed E-state index contributed by atoms with van der Waals surface area (Å²) in [7, 11) is 5.29. The third kappa shape index (κ3) is 6.91. The summed E-state index contributed by atoms with van der Waals surface area (Å²) in [4.78, 5) is 29.0. The summed E-state index contributed by atoms with van der Waals surface area (Å²) in [6.45, 7) is 10.6. The molecule has 3 saturated heterocycles. The molecule has 0 aromatic heterocycles. The van der Waals surface area contributed by atoms with Gasteiger partial charge in [0.1, 0.15) is 12.7 Å². The fourth-order valence-electron chi connectivity index (χ4n) is 6.40. The first kappa shape index (κ1) is 33.0. The smallest absolute Gasteiger partial charge is 0.410 e. The molecule has 0 spiro atoms. The van der Waals surface area contributed by atoms with E-state index in [0.717, 1.165) is 0 Å². The predicted molar refractivity (Wildman–Crippen MR) is 144 cm³/mol. The van der Waals surface area contributed by atoms with Gasteiger partial charge in [-0.2, -0.15) is 0 Å². The van der Waals surface area contributed by atoms with Crippen molar-refractivity contribution in [3.63, 3.8) is 0 Å². The number of methoxy groups -OCH3 is 1. The van der Waals surface area contributed by atoms with Gasteiger partial charge in [-0.1, -0.05) is 13.8 Å². The van der Waals surface area contributed by atoms with Gasteiger partial charge in [-0.15, -0.1) is 0 Å². The number of amides is 1. The molecule has 3 aliphatic rings. The van der Waals surface area contributed by atoms with Crippen LogP contribution in [0.1, 0.15) is 54.4 Å². The Kier molecular flexibility index (Phi) is 10.9. The number of carbonyl (C=O) groups is 2. The highest BCUT2D eigenvalue weighted by molar-refractivity contribution is 5.73. The number of aliphatic hydroxyl groups excluding tert-OH is 3. The first-order valence-corrected chi connectivity index (χ1v) is 14.3. The standard InChI is InChI=1S/C28H50N2O10/c1-14-11-28(6,36-9)24(40-26-23(33)20(29(7)8)10-15(2)38-26)16(3)22(32)17(4)25(34)39-19-12-30(18(5)21(14)31)27(35)37-13-19/h14-24,26,31-33H,10-13H2,1-9H3/t14-,15-,16+,17-,18+,19-,20+,21+,22+,23-,24-,26+,28+/m1/s1. The summed E-state index contributed by atoms with van der Waals surface area (Å²) in [6, 6.07) is -0.858. The van der Waals surface area contributed by atoms with E-state index in [1.807, 2.05) is 39.8 Å². The van der Waals surface area contributed by atoms with Gasteiger partial charge >= 0.3 is 12.1 Å². The Labute approximate surface area is 237 Å². The fraction of sp³-hybridized carbons (Fsp3) is 0.929. The zero-order valence-electron chi connectivity index (χ0n) is 25.4. The maximum Gasteiger partial charge on any atom is 0.410 e. The van der Waals surface area contributed by atoms with Crippen molar-refractivity contribution in [1.82, 2.24) is 9.80 Å². The van der Waals surface area contributed by atoms with Crippen LogP contribution in [0.3, 0.4) is 0 Å². The number of nitrogens with zero attached hydrogens (tertiary/aromatic N) is 2. The Morgan fingerprint density at radius 3 is 2.27 bits per heavy atom. The first-order chi connectivity index (χ1) is 18.6. The van der Waals surface area contributed by atoms with Crippen LogP contribution in [-0.4, -0.2) is 132 Å². The van der Waals surface area contributed by atoms with Gasteiger partial charge in [0.15, 0.2) is 12.4 Å². The number of aliphatic hydroxyl groups is 3. The molecule has 12 heteroatoms. The zero-order chi connectivity index (χ0) is 30.1. The molecule has 3 rings (SSSR count). The number of ether oxygens (including phenoxy) is 5. The van der Waals surface area contributed by atoms with E-state index in [1.165, 1.54) is 12.0 Å². The van der Waals surface area contributed by atoms with Crippen LogP contribution >= 0.6 is 0 Å². The average molecular weight is 575 g/mol. The molecule has 3 N–H and O–H groups in total. The van der Waals surface area contributed by atoms with Gasteiger partial charge in [-0.05, 0) is 60.5 Å². The minimum Gasteiger partial charge on any atom is -0.457 e. The molecule has 3 heterocycles. The van der Waals surface area contributed by atoms with Gasteiger partial charge in [-0.3, -0.25) is 9.69 Å². The summed E-state index contributed by atoms with van der Waals surface area (Å²) < 4.78 is 29.5. The number of cyclic esters (lactones) is 1. The van der Waals surface area contributed by atoms with Gasteiger partial charge in [0.25, 0.3) is 0 Å². The summed E-state index contributed by atoms with van der Waals surface area (Å²) in [6.07, 6.45) is -5.70. The number of fused-ring (bicyclic) bond motifs is 2. The van der Waals surface area contributed by atoms with Crippen LogP contribution in [0, 0.1) is 17.8 Å². The van der Waals surface area contributed by atoms with Gasteiger partial charge in [0.05, 0.1) is 48.5 Å². The SMILES string of the molecule is CO[C@@]1(C)C[C@@H](C)[C@H](O)[C@H](C)N2C[C@H](COC2=O)OC(=O)[C@H](C)[C@@H](O)[C@H](C)[C@H]1O[C@@H]1O[C@H](C)C[C@H](N(C)C)[C@H]1O. The molecule has 0 aromatic rings. The van der Waals surface area contributed by atoms with Crippen LogP contribution < -0.4 is 0 Å². The molecule has 12 nitrogen and oxygen atoms in total. The highest BCUT2D eigenvalue weighted by Crippen LogP contribution is 2.38. The van der Waals surface area contributed by atoms with Crippen molar-refractivity contribution in [2.75, 3.05) is 34.4 Å². The largest absolute Gasteiger partial charge is 0.457 e. The lowest BCUT2D eigenvalue weighted by Crippen LogP contribution is -2.60. The number of hydrogen-bond donors (Lipinski definition) is 3. The Balaban J connectivity index is 2.01. The van der Waals surface area contributed by atoms with Crippen LogP contribution in [0.5, 0.6) is 0 Å². The van der Waals surface area contributed by atoms with E-state index in [-0.39, 0.29) is 31.7 Å². The summed E-state index contributed by atoms with van der Waals surface area (Å²) in [5, 5.41) is 34.0. The minimum atomic E-state index is -1.21. The summed E-state index contributed by atoms with van der Waals surface area (Å²) in [5.41, 5.74) is -1.10. The Morgan fingerprint density at radius 1 is 1.02 bits per heavy atom.